The van der Waals surface area contributed by atoms with Gasteiger partial charge in [0, 0.05) is 11.3 Å². The van der Waals surface area contributed by atoms with E-state index in [9.17, 15) is 9.59 Å². The van der Waals surface area contributed by atoms with Crippen molar-refractivity contribution < 1.29 is 9.59 Å². The topological polar surface area (TPSA) is 46.2 Å². The highest BCUT2D eigenvalue weighted by Crippen LogP contribution is 2.22. The van der Waals surface area contributed by atoms with E-state index in [0.717, 1.165) is 9.75 Å². The molecule has 2 aromatic heterocycles. The van der Waals surface area contributed by atoms with Crippen LogP contribution in [0.25, 0.3) is 0 Å². The Balaban J connectivity index is 1.91. The number of ketones is 1. The fourth-order valence-corrected chi connectivity index (χ4v) is 3.28. The predicted molar refractivity (Wildman–Crippen MR) is 83.3 cm³/mol. The summed E-state index contributed by atoms with van der Waals surface area (Å²) >= 11 is 2.87. The molecule has 0 fully saturated rings. The first-order chi connectivity index (χ1) is 9.70. The number of hydrogen-bond acceptors (Lipinski definition) is 4. The first-order valence-electron chi connectivity index (χ1n) is 6.25. The molecular formula is C15H15NO2S2. The highest BCUT2D eigenvalue weighted by Gasteiger charge is 2.12. The molecule has 2 aromatic rings. The van der Waals surface area contributed by atoms with Crippen LogP contribution >= 0.6 is 22.7 Å². The standard InChI is InChI=1S/C15H15NO2S2/c1-2-3-6-14(17)16-10-11-7-8-13(20-11)15(18)12-5-4-9-19-12/h2,4-5,7-9H,1,3,6,10H2,(H,16,17). The normalized spacial score (nSPS) is 10.2. The molecule has 0 saturated heterocycles. The molecule has 0 aliphatic heterocycles. The molecule has 1 amide bonds. The molecule has 2 rings (SSSR count). The molecule has 0 saturated carbocycles. The summed E-state index contributed by atoms with van der Waals surface area (Å²) in [5.41, 5.74) is 0. The lowest BCUT2D eigenvalue weighted by Gasteiger charge is -2.01. The summed E-state index contributed by atoms with van der Waals surface area (Å²) in [4.78, 5) is 26.0. The molecule has 3 nitrogen and oxygen atoms in total. The number of rotatable bonds is 7. The van der Waals surface area contributed by atoms with Gasteiger partial charge in [-0.1, -0.05) is 12.1 Å². The molecule has 2 heterocycles. The Labute approximate surface area is 126 Å². The first kappa shape index (κ1) is 14.7. The van der Waals surface area contributed by atoms with Gasteiger partial charge in [-0.05, 0) is 30.0 Å². The van der Waals surface area contributed by atoms with Crippen molar-refractivity contribution in [1.29, 1.82) is 0 Å². The second kappa shape index (κ2) is 7.17. The largest absolute Gasteiger partial charge is 0.351 e. The maximum Gasteiger partial charge on any atom is 0.220 e. The Kier molecular flexibility index (Phi) is 5.26. The fourth-order valence-electron chi connectivity index (χ4n) is 1.63. The monoisotopic (exact) mass is 305 g/mol. The Morgan fingerprint density at radius 3 is 2.80 bits per heavy atom. The smallest absolute Gasteiger partial charge is 0.220 e. The predicted octanol–water partition coefficient (Wildman–Crippen LogP) is 3.62. The number of hydrogen-bond donors (Lipinski definition) is 1. The van der Waals surface area contributed by atoms with Gasteiger partial charge in [-0.2, -0.15) is 0 Å². The van der Waals surface area contributed by atoms with E-state index in [-0.39, 0.29) is 11.7 Å². The molecule has 0 aliphatic rings. The number of nitrogens with one attached hydrogen (secondary N) is 1. The molecule has 0 radical (unpaired) electrons. The summed E-state index contributed by atoms with van der Waals surface area (Å²) in [6, 6.07) is 7.40. The number of amides is 1. The number of carbonyl (C=O) groups excluding carboxylic acids is 2. The molecule has 1 N–H and O–H groups in total. The van der Waals surface area contributed by atoms with Crippen molar-refractivity contribution in [2.75, 3.05) is 0 Å². The second-order valence-corrected chi connectivity index (χ2v) is 6.29. The Bertz CT molecular complexity index is 599. The van der Waals surface area contributed by atoms with Crippen LogP contribution in [0.1, 0.15) is 32.3 Å². The van der Waals surface area contributed by atoms with Gasteiger partial charge in [0.15, 0.2) is 0 Å². The Morgan fingerprint density at radius 2 is 2.10 bits per heavy atom. The number of carbonyl (C=O) groups is 2. The zero-order valence-corrected chi connectivity index (χ0v) is 12.6. The van der Waals surface area contributed by atoms with Crippen LogP contribution in [0, 0.1) is 0 Å². The van der Waals surface area contributed by atoms with Crippen LogP contribution in [0.3, 0.4) is 0 Å². The number of allylic oxidation sites excluding steroid dienone is 1. The summed E-state index contributed by atoms with van der Waals surface area (Å²) in [5.74, 6) is 0.0543. The van der Waals surface area contributed by atoms with Crippen LogP contribution in [0.5, 0.6) is 0 Å². The minimum Gasteiger partial charge on any atom is -0.351 e. The third kappa shape index (κ3) is 3.88. The van der Waals surface area contributed by atoms with Gasteiger partial charge in [0.2, 0.25) is 11.7 Å². The van der Waals surface area contributed by atoms with Gasteiger partial charge in [0.25, 0.3) is 0 Å². The fraction of sp³-hybridized carbons (Fsp3) is 0.200. The summed E-state index contributed by atoms with van der Waals surface area (Å²) in [7, 11) is 0. The zero-order valence-electron chi connectivity index (χ0n) is 10.9. The molecule has 0 spiro atoms. The Morgan fingerprint density at radius 1 is 1.25 bits per heavy atom. The van der Waals surface area contributed by atoms with Crippen LogP contribution in [0.2, 0.25) is 0 Å². The maximum atomic E-state index is 12.1. The van der Waals surface area contributed by atoms with Gasteiger partial charge < -0.3 is 5.32 Å². The van der Waals surface area contributed by atoms with E-state index in [1.165, 1.54) is 22.7 Å². The van der Waals surface area contributed by atoms with E-state index in [1.54, 1.807) is 6.08 Å². The third-order valence-corrected chi connectivity index (χ3v) is 4.62. The van der Waals surface area contributed by atoms with E-state index in [4.69, 9.17) is 0 Å². The van der Waals surface area contributed by atoms with Gasteiger partial charge in [-0.25, -0.2) is 0 Å². The van der Waals surface area contributed by atoms with Crippen molar-refractivity contribution in [2.24, 2.45) is 0 Å². The van der Waals surface area contributed by atoms with Gasteiger partial charge in [0.1, 0.15) is 0 Å². The molecular weight excluding hydrogens is 290 g/mol. The van der Waals surface area contributed by atoms with Crippen molar-refractivity contribution in [1.82, 2.24) is 5.32 Å². The molecule has 20 heavy (non-hydrogen) atoms. The minimum atomic E-state index is 0.00410. The summed E-state index contributed by atoms with van der Waals surface area (Å²) < 4.78 is 0. The van der Waals surface area contributed by atoms with Crippen molar-refractivity contribution in [3.8, 4) is 0 Å². The average molecular weight is 305 g/mol. The van der Waals surface area contributed by atoms with Gasteiger partial charge in [-0.15, -0.1) is 29.3 Å². The highest BCUT2D eigenvalue weighted by atomic mass is 32.1. The lowest BCUT2D eigenvalue weighted by molar-refractivity contribution is -0.121. The molecule has 0 aromatic carbocycles. The zero-order chi connectivity index (χ0) is 14.4. The summed E-state index contributed by atoms with van der Waals surface area (Å²) in [6.07, 6.45) is 2.86. The van der Waals surface area contributed by atoms with Gasteiger partial charge in [0.05, 0.1) is 16.3 Å². The molecule has 0 unspecified atom stereocenters. The van der Waals surface area contributed by atoms with Crippen molar-refractivity contribution in [3.63, 3.8) is 0 Å². The molecule has 5 heteroatoms. The average Bonchev–Trinajstić information content (AvgIpc) is 3.12. The quantitative estimate of drug-likeness (QED) is 0.627. The first-order valence-corrected chi connectivity index (χ1v) is 7.95. The minimum absolute atomic E-state index is 0.00410. The molecule has 0 atom stereocenters. The van der Waals surface area contributed by atoms with E-state index in [2.05, 4.69) is 11.9 Å². The van der Waals surface area contributed by atoms with Crippen LogP contribution in [-0.2, 0) is 11.3 Å². The third-order valence-electron chi connectivity index (χ3n) is 2.67. The number of thiophene rings is 2. The van der Waals surface area contributed by atoms with Crippen molar-refractivity contribution in [2.45, 2.75) is 19.4 Å². The van der Waals surface area contributed by atoms with Gasteiger partial charge in [-0.3, -0.25) is 9.59 Å². The Hall–Kier alpha value is -1.72. The van der Waals surface area contributed by atoms with Crippen LogP contribution in [0.4, 0.5) is 0 Å². The van der Waals surface area contributed by atoms with E-state index in [1.807, 2.05) is 29.6 Å². The van der Waals surface area contributed by atoms with E-state index < -0.39 is 0 Å². The van der Waals surface area contributed by atoms with Crippen LogP contribution < -0.4 is 5.32 Å². The van der Waals surface area contributed by atoms with Crippen LogP contribution in [-0.4, -0.2) is 11.7 Å². The maximum absolute atomic E-state index is 12.1. The molecule has 0 aliphatic carbocycles. The lowest BCUT2D eigenvalue weighted by Crippen LogP contribution is -2.21. The highest BCUT2D eigenvalue weighted by molar-refractivity contribution is 7.16. The van der Waals surface area contributed by atoms with Crippen LogP contribution in [0.15, 0.2) is 42.3 Å². The van der Waals surface area contributed by atoms with Crippen molar-refractivity contribution >= 4 is 34.4 Å². The van der Waals surface area contributed by atoms with E-state index in [0.29, 0.717) is 24.3 Å². The molecule has 0 bridgehead atoms. The second-order valence-electron chi connectivity index (χ2n) is 4.18. The van der Waals surface area contributed by atoms with Crippen molar-refractivity contribution in [3.05, 3.63) is 56.9 Å². The summed E-state index contributed by atoms with van der Waals surface area (Å²) in [6.45, 7) is 4.05. The molecule has 104 valence electrons. The SMILES string of the molecule is C=CCCC(=O)NCc1ccc(C(=O)c2cccs2)s1. The summed E-state index contributed by atoms with van der Waals surface area (Å²) in [5, 5.41) is 4.73. The lowest BCUT2D eigenvalue weighted by atomic mass is 10.2. The van der Waals surface area contributed by atoms with Gasteiger partial charge >= 0.3 is 0 Å². The van der Waals surface area contributed by atoms with E-state index >= 15 is 0 Å².